The first-order chi connectivity index (χ1) is 15.6. The second kappa shape index (κ2) is 7.78. The molecule has 3 saturated carbocycles. The summed E-state index contributed by atoms with van der Waals surface area (Å²) in [4.78, 5) is 24.3. The highest BCUT2D eigenvalue weighted by atomic mass is 16.6. The Morgan fingerprint density at radius 1 is 1.06 bits per heavy atom. The first-order valence-electron chi connectivity index (χ1n) is 12.7. The van der Waals surface area contributed by atoms with E-state index in [-0.39, 0.29) is 18.3 Å². The van der Waals surface area contributed by atoms with Gasteiger partial charge in [-0.25, -0.2) is 0 Å². The van der Waals surface area contributed by atoms with Gasteiger partial charge in [0.1, 0.15) is 11.7 Å². The summed E-state index contributed by atoms with van der Waals surface area (Å²) in [5.74, 6) is -2.19. The van der Waals surface area contributed by atoms with Gasteiger partial charge in [-0.2, -0.15) is 0 Å². The SMILES string of the molecule is CC(=O)O[C@H]1C[C@@]2(O)[C@@H](C)[C@@H]3[C@]4(OC(C)=O)CC[C@@H]4C[C@H](O)[C@@]3(C)[C@@H](O)[C@H](C)C(=C1C)C2(C)C. The molecule has 0 aromatic rings. The summed E-state index contributed by atoms with van der Waals surface area (Å²) < 4.78 is 11.8. The molecule has 4 aliphatic rings. The zero-order chi connectivity index (χ0) is 25.6. The second-order valence-corrected chi connectivity index (χ2v) is 12.3. The number of rotatable bonds is 2. The highest BCUT2D eigenvalue weighted by molar-refractivity contribution is 5.67. The van der Waals surface area contributed by atoms with E-state index in [1.54, 1.807) is 0 Å². The van der Waals surface area contributed by atoms with Crippen molar-refractivity contribution in [2.45, 2.75) is 111 Å². The minimum atomic E-state index is -1.33. The second-order valence-electron chi connectivity index (χ2n) is 12.3. The summed E-state index contributed by atoms with van der Waals surface area (Å²) in [5, 5.41) is 36.1. The predicted molar refractivity (Wildman–Crippen MR) is 125 cm³/mol. The van der Waals surface area contributed by atoms with Crippen LogP contribution < -0.4 is 0 Å². The number of hydrogen-bond donors (Lipinski definition) is 3. The molecule has 0 radical (unpaired) electrons. The largest absolute Gasteiger partial charge is 0.459 e. The van der Waals surface area contributed by atoms with Crippen LogP contribution in [-0.2, 0) is 19.1 Å². The maximum Gasteiger partial charge on any atom is 0.303 e. The average molecular weight is 479 g/mol. The number of fused-ring (bicyclic) bond motifs is 5. The van der Waals surface area contributed by atoms with Crippen molar-refractivity contribution in [3.63, 3.8) is 0 Å². The Kier molecular flexibility index (Phi) is 5.87. The number of carbonyl (C=O) groups is 2. The lowest BCUT2D eigenvalue weighted by atomic mass is 9.38. The number of ether oxygens (including phenoxy) is 2. The molecule has 0 aliphatic heterocycles. The number of esters is 2. The van der Waals surface area contributed by atoms with Crippen LogP contribution in [0.15, 0.2) is 11.1 Å². The maximum atomic E-state index is 12.6. The monoisotopic (exact) mass is 478 g/mol. The van der Waals surface area contributed by atoms with Crippen molar-refractivity contribution in [2.24, 2.45) is 34.5 Å². The fraction of sp³-hybridized carbons (Fsp3) is 0.852. The third kappa shape index (κ3) is 3.05. The van der Waals surface area contributed by atoms with E-state index >= 15 is 0 Å². The number of carbonyl (C=O) groups excluding carboxylic acids is 2. The summed E-state index contributed by atoms with van der Waals surface area (Å²) in [6, 6.07) is 0. The third-order valence-corrected chi connectivity index (χ3v) is 10.6. The summed E-state index contributed by atoms with van der Waals surface area (Å²) in [5.41, 5.74) is -2.20. The lowest BCUT2D eigenvalue weighted by Gasteiger charge is -2.70. The Labute approximate surface area is 202 Å². The van der Waals surface area contributed by atoms with Crippen LogP contribution in [0, 0.1) is 34.5 Å². The smallest absolute Gasteiger partial charge is 0.303 e. The first-order valence-corrected chi connectivity index (χ1v) is 12.7. The summed E-state index contributed by atoms with van der Waals surface area (Å²) >= 11 is 0. The van der Waals surface area contributed by atoms with Gasteiger partial charge in [0, 0.05) is 48.9 Å². The van der Waals surface area contributed by atoms with Gasteiger partial charge in [-0.15, -0.1) is 0 Å². The molecule has 0 heterocycles. The van der Waals surface area contributed by atoms with Gasteiger partial charge < -0.3 is 24.8 Å². The van der Waals surface area contributed by atoms with E-state index in [2.05, 4.69) is 0 Å². The zero-order valence-electron chi connectivity index (χ0n) is 21.8. The summed E-state index contributed by atoms with van der Waals surface area (Å²) in [6.45, 7) is 14.5. The van der Waals surface area contributed by atoms with Crippen LogP contribution in [0.4, 0.5) is 0 Å². The van der Waals surface area contributed by atoms with E-state index in [1.165, 1.54) is 13.8 Å². The topological polar surface area (TPSA) is 113 Å². The predicted octanol–water partition coefficient (Wildman–Crippen LogP) is 3.14. The number of aliphatic hydroxyl groups is 3. The molecule has 10 atom stereocenters. The molecule has 0 aromatic carbocycles. The molecule has 34 heavy (non-hydrogen) atoms. The quantitative estimate of drug-likeness (QED) is 0.413. The Morgan fingerprint density at radius 3 is 2.18 bits per heavy atom. The van der Waals surface area contributed by atoms with Gasteiger partial charge in [-0.3, -0.25) is 9.59 Å². The Balaban J connectivity index is 1.99. The molecule has 3 N–H and O–H groups in total. The molecule has 3 fully saturated rings. The normalized spacial score (nSPS) is 49.6. The van der Waals surface area contributed by atoms with E-state index in [0.717, 1.165) is 17.6 Å². The molecule has 7 nitrogen and oxygen atoms in total. The van der Waals surface area contributed by atoms with Gasteiger partial charge in [-0.05, 0) is 37.7 Å². The van der Waals surface area contributed by atoms with Crippen LogP contribution in [0.1, 0.15) is 81.1 Å². The van der Waals surface area contributed by atoms with Gasteiger partial charge in [0.15, 0.2) is 0 Å². The van der Waals surface area contributed by atoms with Crippen molar-refractivity contribution < 1.29 is 34.4 Å². The third-order valence-electron chi connectivity index (χ3n) is 10.6. The molecule has 4 rings (SSSR count). The van der Waals surface area contributed by atoms with Crippen molar-refractivity contribution in [2.75, 3.05) is 0 Å². The van der Waals surface area contributed by atoms with E-state index < -0.39 is 64.1 Å². The maximum absolute atomic E-state index is 12.6. The lowest BCUT2D eigenvalue weighted by molar-refractivity contribution is -0.307. The number of aliphatic hydroxyl groups excluding tert-OH is 2. The zero-order valence-corrected chi connectivity index (χ0v) is 21.8. The highest BCUT2D eigenvalue weighted by Gasteiger charge is 2.74. The summed E-state index contributed by atoms with van der Waals surface area (Å²) in [6.07, 6.45) is -0.230. The summed E-state index contributed by atoms with van der Waals surface area (Å²) in [7, 11) is 0. The van der Waals surface area contributed by atoms with Crippen LogP contribution in [0.5, 0.6) is 0 Å². The average Bonchev–Trinajstić information content (AvgIpc) is 2.71. The van der Waals surface area contributed by atoms with E-state index in [1.807, 2.05) is 41.5 Å². The lowest BCUT2D eigenvalue weighted by Crippen LogP contribution is -2.76. The number of hydrogen-bond acceptors (Lipinski definition) is 7. The molecular formula is C27H42O7. The van der Waals surface area contributed by atoms with Crippen molar-refractivity contribution >= 4 is 11.9 Å². The molecule has 192 valence electrons. The Hall–Kier alpha value is -1.44. The standard InChI is InChI=1S/C27H42O7/c1-13-19(33-16(4)28)12-27(32)15(3)22-25(8,23(31)14(2)21(13)24(27,6)7)20(30)11-18-9-10-26(18,22)34-17(5)29/h14-15,18-20,22-23,30-32H,9-12H2,1-8H3/t14-,15+,18-,19+,20+,22+,23+,25-,26+,27-/m1/s1. The van der Waals surface area contributed by atoms with Gasteiger partial charge in [0.05, 0.1) is 17.8 Å². The van der Waals surface area contributed by atoms with Crippen LogP contribution in [-0.4, -0.2) is 56.8 Å². The molecule has 0 unspecified atom stereocenters. The van der Waals surface area contributed by atoms with Crippen molar-refractivity contribution in [3.05, 3.63) is 11.1 Å². The molecular weight excluding hydrogens is 436 g/mol. The fourth-order valence-corrected chi connectivity index (χ4v) is 9.00. The molecule has 4 aliphatic carbocycles. The van der Waals surface area contributed by atoms with Gasteiger partial charge in [-0.1, -0.05) is 40.2 Å². The van der Waals surface area contributed by atoms with Crippen molar-refractivity contribution in [1.29, 1.82) is 0 Å². The van der Waals surface area contributed by atoms with Gasteiger partial charge in [0.25, 0.3) is 0 Å². The molecule has 2 bridgehead atoms. The first kappa shape index (κ1) is 25.6. The highest BCUT2D eigenvalue weighted by Crippen LogP contribution is 2.69. The molecule has 0 saturated heterocycles. The van der Waals surface area contributed by atoms with Crippen LogP contribution in [0.3, 0.4) is 0 Å². The van der Waals surface area contributed by atoms with E-state index in [0.29, 0.717) is 12.8 Å². The van der Waals surface area contributed by atoms with Crippen molar-refractivity contribution in [1.82, 2.24) is 0 Å². The van der Waals surface area contributed by atoms with Crippen molar-refractivity contribution in [3.8, 4) is 0 Å². The Bertz CT molecular complexity index is 924. The van der Waals surface area contributed by atoms with E-state index in [9.17, 15) is 24.9 Å². The molecule has 0 spiro atoms. The molecule has 7 heteroatoms. The van der Waals surface area contributed by atoms with Crippen LogP contribution in [0.25, 0.3) is 0 Å². The van der Waals surface area contributed by atoms with Gasteiger partial charge >= 0.3 is 11.9 Å². The molecule has 0 aromatic heterocycles. The van der Waals surface area contributed by atoms with E-state index in [4.69, 9.17) is 9.47 Å². The van der Waals surface area contributed by atoms with Crippen LogP contribution in [0.2, 0.25) is 0 Å². The fourth-order valence-electron chi connectivity index (χ4n) is 9.00. The minimum Gasteiger partial charge on any atom is -0.459 e. The van der Waals surface area contributed by atoms with Crippen LogP contribution >= 0.6 is 0 Å². The minimum absolute atomic E-state index is 0.0230. The van der Waals surface area contributed by atoms with Gasteiger partial charge in [0.2, 0.25) is 0 Å². The Morgan fingerprint density at radius 2 is 1.68 bits per heavy atom. The molecule has 0 amide bonds.